The lowest BCUT2D eigenvalue weighted by molar-refractivity contribution is 0.0995. The summed E-state index contributed by atoms with van der Waals surface area (Å²) in [6.07, 6.45) is 1.28. The van der Waals surface area contributed by atoms with Crippen molar-refractivity contribution >= 4 is 21.8 Å². The highest BCUT2D eigenvalue weighted by molar-refractivity contribution is 9.10. The topological polar surface area (TPSA) is 65.2 Å². The highest BCUT2D eigenvalue weighted by Gasteiger charge is 2.13. The first kappa shape index (κ1) is 13.4. The number of ether oxygens (including phenoxy) is 1. The van der Waals surface area contributed by atoms with Gasteiger partial charge in [-0.25, -0.2) is 4.39 Å². The van der Waals surface area contributed by atoms with Crippen molar-refractivity contribution in [1.82, 2.24) is 4.98 Å². The van der Waals surface area contributed by atoms with Crippen molar-refractivity contribution in [3.05, 3.63) is 52.3 Å². The monoisotopic (exact) mass is 328 g/mol. The summed E-state index contributed by atoms with van der Waals surface area (Å²) in [6, 6.07) is 4.87. The number of nitrogens with zero attached hydrogens (tertiary/aromatic N) is 1. The predicted octanol–water partition coefficient (Wildman–Crippen LogP) is 3.01. The lowest BCUT2D eigenvalue weighted by Crippen LogP contribution is -2.12. The summed E-state index contributed by atoms with van der Waals surface area (Å²) < 4.78 is 32.2. The Morgan fingerprint density at radius 3 is 2.74 bits per heavy atom. The number of pyridine rings is 1. The molecule has 7 heteroatoms. The van der Waals surface area contributed by atoms with Crippen molar-refractivity contribution in [1.29, 1.82) is 0 Å². The van der Waals surface area contributed by atoms with Gasteiger partial charge in [0.05, 0.1) is 0 Å². The van der Waals surface area contributed by atoms with Crippen LogP contribution in [0.1, 0.15) is 10.5 Å². The van der Waals surface area contributed by atoms with E-state index in [-0.39, 0.29) is 17.2 Å². The first-order valence-electron chi connectivity index (χ1n) is 5.05. The van der Waals surface area contributed by atoms with Gasteiger partial charge in [0.2, 0.25) is 5.82 Å². The average molecular weight is 329 g/mol. The number of amides is 1. The van der Waals surface area contributed by atoms with Gasteiger partial charge in [0.15, 0.2) is 11.6 Å². The minimum absolute atomic E-state index is 0.0339. The van der Waals surface area contributed by atoms with E-state index in [4.69, 9.17) is 10.5 Å². The zero-order valence-corrected chi connectivity index (χ0v) is 10.9. The molecule has 19 heavy (non-hydrogen) atoms. The van der Waals surface area contributed by atoms with Gasteiger partial charge in [-0.05, 0) is 18.2 Å². The summed E-state index contributed by atoms with van der Waals surface area (Å²) in [5.41, 5.74) is 5.02. The molecule has 1 aromatic heterocycles. The third-order valence-electron chi connectivity index (χ3n) is 2.17. The maximum Gasteiger partial charge on any atom is 0.267 e. The Kier molecular flexibility index (Phi) is 3.75. The average Bonchev–Trinajstić information content (AvgIpc) is 2.35. The summed E-state index contributed by atoms with van der Waals surface area (Å²) in [7, 11) is 0. The molecule has 0 radical (unpaired) electrons. The van der Waals surface area contributed by atoms with Crippen molar-refractivity contribution in [2.45, 2.75) is 0 Å². The molecule has 0 aliphatic carbocycles. The minimum atomic E-state index is -1.12. The number of carbonyl (C=O) groups excluding carboxylic acids is 1. The molecule has 0 unspecified atom stereocenters. The maximum atomic E-state index is 13.5. The fourth-order valence-electron chi connectivity index (χ4n) is 1.34. The van der Waals surface area contributed by atoms with Crippen LogP contribution < -0.4 is 10.5 Å². The number of aromatic nitrogens is 1. The van der Waals surface area contributed by atoms with Crippen LogP contribution in [0.4, 0.5) is 8.78 Å². The van der Waals surface area contributed by atoms with Gasteiger partial charge in [-0.2, -0.15) is 4.39 Å². The summed E-state index contributed by atoms with van der Waals surface area (Å²) in [4.78, 5) is 14.6. The van der Waals surface area contributed by atoms with Crippen molar-refractivity contribution < 1.29 is 18.3 Å². The van der Waals surface area contributed by atoms with Crippen LogP contribution >= 0.6 is 15.9 Å². The Balaban J connectivity index is 2.36. The fourth-order valence-corrected chi connectivity index (χ4v) is 1.75. The number of carbonyl (C=O) groups is 1. The molecule has 1 aromatic carbocycles. The Morgan fingerprint density at radius 2 is 2.05 bits per heavy atom. The summed E-state index contributed by atoms with van der Waals surface area (Å²) in [6.45, 7) is 0. The van der Waals surface area contributed by atoms with Crippen molar-refractivity contribution in [3.63, 3.8) is 0 Å². The summed E-state index contributed by atoms with van der Waals surface area (Å²) >= 11 is 3.03. The van der Waals surface area contributed by atoms with E-state index in [1.807, 2.05) is 0 Å². The highest BCUT2D eigenvalue weighted by Crippen LogP contribution is 2.29. The second kappa shape index (κ2) is 5.31. The molecule has 1 heterocycles. The number of halogens is 3. The van der Waals surface area contributed by atoms with Crippen LogP contribution in [0.15, 0.2) is 34.9 Å². The molecular weight excluding hydrogens is 322 g/mol. The van der Waals surface area contributed by atoms with Crippen LogP contribution in [-0.2, 0) is 0 Å². The number of hydrogen-bond donors (Lipinski definition) is 1. The molecule has 98 valence electrons. The van der Waals surface area contributed by atoms with Crippen molar-refractivity contribution in [2.75, 3.05) is 0 Å². The summed E-state index contributed by atoms with van der Waals surface area (Å²) in [5.74, 6) is -3.10. The van der Waals surface area contributed by atoms with Gasteiger partial charge in [-0.1, -0.05) is 15.9 Å². The number of primary amides is 1. The fraction of sp³-hybridized carbons (Fsp3) is 0. The molecule has 2 rings (SSSR count). The van der Waals surface area contributed by atoms with Gasteiger partial charge in [-0.3, -0.25) is 9.78 Å². The Bertz CT molecular complexity index is 650. The van der Waals surface area contributed by atoms with E-state index in [1.54, 1.807) is 0 Å². The molecule has 0 bridgehead atoms. The molecule has 0 spiro atoms. The van der Waals surface area contributed by atoms with Crippen molar-refractivity contribution in [3.8, 4) is 11.5 Å². The summed E-state index contributed by atoms with van der Waals surface area (Å²) in [5, 5.41) is 0. The van der Waals surface area contributed by atoms with Crippen molar-refractivity contribution in [2.24, 2.45) is 5.73 Å². The molecule has 1 amide bonds. The van der Waals surface area contributed by atoms with Gasteiger partial charge < -0.3 is 10.5 Å². The number of benzene rings is 1. The van der Waals surface area contributed by atoms with Gasteiger partial charge in [-0.15, -0.1) is 0 Å². The normalized spacial score (nSPS) is 10.3. The van der Waals surface area contributed by atoms with Crippen LogP contribution in [0.3, 0.4) is 0 Å². The van der Waals surface area contributed by atoms with E-state index in [9.17, 15) is 13.6 Å². The third-order valence-corrected chi connectivity index (χ3v) is 2.63. The Morgan fingerprint density at radius 1 is 1.32 bits per heavy atom. The second-order valence-corrected chi connectivity index (χ2v) is 4.46. The maximum absolute atomic E-state index is 13.5. The Labute approximate surface area is 115 Å². The lowest BCUT2D eigenvalue weighted by atomic mass is 10.3. The lowest BCUT2D eigenvalue weighted by Gasteiger charge is -2.08. The molecule has 0 fully saturated rings. The predicted molar refractivity (Wildman–Crippen MR) is 66.9 cm³/mol. The van der Waals surface area contributed by atoms with Crippen LogP contribution in [0.25, 0.3) is 0 Å². The zero-order chi connectivity index (χ0) is 14.0. The van der Waals surface area contributed by atoms with Crippen LogP contribution in [0.2, 0.25) is 0 Å². The quantitative estimate of drug-likeness (QED) is 0.881. The first-order valence-corrected chi connectivity index (χ1v) is 5.85. The standard InChI is InChI=1S/C12H7BrF2N2O2/c13-6-3-8(14)11(15)10(4-6)19-7-1-2-17-9(5-7)12(16)18/h1-5H,(H2,16,18). The number of nitrogens with two attached hydrogens (primary N) is 1. The van der Waals surface area contributed by atoms with Gasteiger partial charge in [0, 0.05) is 16.7 Å². The van der Waals surface area contributed by atoms with E-state index in [0.717, 1.165) is 6.07 Å². The molecule has 0 saturated carbocycles. The number of hydrogen-bond acceptors (Lipinski definition) is 3. The molecule has 0 saturated heterocycles. The molecular formula is C12H7BrF2N2O2. The van der Waals surface area contributed by atoms with Crippen LogP contribution in [0, 0.1) is 11.6 Å². The Hall–Kier alpha value is -2.02. The highest BCUT2D eigenvalue weighted by atomic mass is 79.9. The SMILES string of the molecule is NC(=O)c1cc(Oc2cc(Br)cc(F)c2F)ccn1. The van der Waals surface area contributed by atoms with Gasteiger partial charge >= 0.3 is 0 Å². The van der Waals surface area contributed by atoms with Gasteiger partial charge in [0.1, 0.15) is 11.4 Å². The molecule has 2 aromatic rings. The zero-order valence-electron chi connectivity index (χ0n) is 9.36. The number of rotatable bonds is 3. The molecule has 0 atom stereocenters. The molecule has 4 nitrogen and oxygen atoms in total. The van der Waals surface area contributed by atoms with E-state index in [2.05, 4.69) is 20.9 Å². The van der Waals surface area contributed by atoms with E-state index in [1.165, 1.54) is 24.4 Å². The van der Waals surface area contributed by atoms with E-state index in [0.29, 0.717) is 4.47 Å². The third kappa shape index (κ3) is 3.05. The van der Waals surface area contributed by atoms with Crippen LogP contribution in [-0.4, -0.2) is 10.9 Å². The first-order chi connectivity index (χ1) is 8.97. The van der Waals surface area contributed by atoms with Gasteiger partial charge in [0.25, 0.3) is 5.91 Å². The minimum Gasteiger partial charge on any atom is -0.454 e. The largest absolute Gasteiger partial charge is 0.454 e. The molecule has 0 aliphatic rings. The second-order valence-electron chi connectivity index (χ2n) is 3.54. The van der Waals surface area contributed by atoms with Crippen LogP contribution in [0.5, 0.6) is 11.5 Å². The smallest absolute Gasteiger partial charge is 0.267 e. The van der Waals surface area contributed by atoms with E-state index >= 15 is 0 Å². The molecule has 0 aliphatic heterocycles. The van der Waals surface area contributed by atoms with E-state index < -0.39 is 17.5 Å². The molecule has 2 N–H and O–H groups in total.